The zero-order valence-corrected chi connectivity index (χ0v) is 18.5. The maximum absolute atomic E-state index is 13.0. The molecular formula is C20H19ClF3N5O2S. The molecule has 1 N–H and O–H groups in total. The standard InChI is InChI=1S/C20H19ClF3N5O2S/c1-11-4-2-3-7-29(11)19-27-17-16(32-19)18(31)28(10-25-17)9-15(30)26-12-5-6-14(21)13(8-12)20(22,23)24/h5-6,8,10-11H,2-4,7,9H2,1H3,(H,26,30). The van der Waals surface area contributed by atoms with Gasteiger partial charge in [-0.25, -0.2) is 4.98 Å². The van der Waals surface area contributed by atoms with E-state index in [1.807, 2.05) is 0 Å². The van der Waals surface area contributed by atoms with E-state index in [0.29, 0.717) is 16.4 Å². The Kier molecular flexibility index (Phi) is 6.13. The Labute approximate surface area is 189 Å². The molecule has 1 unspecified atom stereocenters. The molecule has 1 amide bonds. The average molecular weight is 486 g/mol. The summed E-state index contributed by atoms with van der Waals surface area (Å²) >= 11 is 6.83. The van der Waals surface area contributed by atoms with E-state index < -0.39 is 34.8 Å². The van der Waals surface area contributed by atoms with E-state index >= 15 is 0 Å². The molecule has 12 heteroatoms. The van der Waals surface area contributed by atoms with Crippen LogP contribution in [-0.4, -0.2) is 33.0 Å². The fourth-order valence-electron chi connectivity index (χ4n) is 3.63. The number of anilines is 2. The predicted octanol–water partition coefficient (Wildman–Crippen LogP) is 4.54. The number of amides is 1. The summed E-state index contributed by atoms with van der Waals surface area (Å²) < 4.78 is 40.5. The molecule has 1 atom stereocenters. The van der Waals surface area contributed by atoms with Crippen LogP contribution in [-0.2, 0) is 17.5 Å². The van der Waals surface area contributed by atoms with Crippen LogP contribution in [0.2, 0.25) is 5.02 Å². The number of nitrogens with zero attached hydrogens (tertiary/aromatic N) is 4. The molecule has 1 aliphatic rings. The van der Waals surface area contributed by atoms with Crippen molar-refractivity contribution in [3.8, 4) is 0 Å². The van der Waals surface area contributed by atoms with E-state index in [4.69, 9.17) is 11.6 Å². The normalized spacial score (nSPS) is 17.0. The summed E-state index contributed by atoms with van der Waals surface area (Å²) in [6.07, 6.45) is -0.177. The summed E-state index contributed by atoms with van der Waals surface area (Å²) in [5.41, 5.74) is -1.24. The van der Waals surface area contributed by atoms with Crippen molar-refractivity contribution < 1.29 is 18.0 Å². The van der Waals surface area contributed by atoms with E-state index in [-0.39, 0.29) is 5.69 Å². The SMILES string of the molecule is CC1CCCCN1c1nc2ncn(CC(=O)Nc3ccc(Cl)c(C(F)(F)F)c3)c(=O)c2s1. The highest BCUT2D eigenvalue weighted by Crippen LogP contribution is 2.36. The third-order valence-corrected chi connectivity index (χ3v) is 6.69. The van der Waals surface area contributed by atoms with E-state index in [1.54, 1.807) is 0 Å². The Hall–Kier alpha value is -2.66. The first-order chi connectivity index (χ1) is 15.1. The minimum absolute atomic E-state index is 0.0760. The van der Waals surface area contributed by atoms with Gasteiger partial charge in [0.2, 0.25) is 5.91 Å². The Morgan fingerprint density at radius 3 is 2.84 bits per heavy atom. The maximum Gasteiger partial charge on any atom is 0.417 e. The molecule has 3 heterocycles. The topological polar surface area (TPSA) is 80.1 Å². The molecule has 1 aliphatic heterocycles. The second-order valence-corrected chi connectivity index (χ2v) is 8.99. The number of nitrogens with one attached hydrogen (secondary N) is 1. The number of thiazole rings is 1. The fourth-order valence-corrected chi connectivity index (χ4v) is 4.95. The number of fused-ring (bicyclic) bond motifs is 1. The van der Waals surface area contributed by atoms with E-state index in [1.165, 1.54) is 23.7 Å². The highest BCUT2D eigenvalue weighted by Gasteiger charge is 2.33. The first kappa shape index (κ1) is 22.5. The molecule has 32 heavy (non-hydrogen) atoms. The highest BCUT2D eigenvalue weighted by atomic mass is 35.5. The lowest BCUT2D eigenvalue weighted by Crippen LogP contribution is -2.37. The van der Waals surface area contributed by atoms with Crippen LogP contribution in [0.1, 0.15) is 31.7 Å². The quantitative estimate of drug-likeness (QED) is 0.586. The van der Waals surface area contributed by atoms with Gasteiger partial charge in [-0.1, -0.05) is 22.9 Å². The van der Waals surface area contributed by atoms with Gasteiger partial charge in [0.15, 0.2) is 10.8 Å². The maximum atomic E-state index is 13.0. The minimum Gasteiger partial charge on any atom is -0.345 e. The molecule has 0 aliphatic carbocycles. The molecule has 4 rings (SSSR count). The van der Waals surface area contributed by atoms with Crippen LogP contribution >= 0.6 is 22.9 Å². The van der Waals surface area contributed by atoms with Crippen LogP contribution in [0.5, 0.6) is 0 Å². The molecule has 1 saturated heterocycles. The van der Waals surface area contributed by atoms with Gasteiger partial charge in [0, 0.05) is 18.3 Å². The van der Waals surface area contributed by atoms with Gasteiger partial charge in [0.05, 0.1) is 10.6 Å². The predicted molar refractivity (Wildman–Crippen MR) is 117 cm³/mol. The number of rotatable bonds is 4. The largest absolute Gasteiger partial charge is 0.417 e. The van der Waals surface area contributed by atoms with Crippen molar-refractivity contribution in [2.45, 2.75) is 44.9 Å². The molecule has 0 saturated carbocycles. The smallest absolute Gasteiger partial charge is 0.345 e. The first-order valence-corrected chi connectivity index (χ1v) is 11.1. The number of piperidine rings is 1. The summed E-state index contributed by atoms with van der Waals surface area (Å²) in [5, 5.41) is 2.62. The van der Waals surface area contributed by atoms with Crippen molar-refractivity contribution in [3.05, 3.63) is 45.5 Å². The van der Waals surface area contributed by atoms with Gasteiger partial charge in [-0.3, -0.25) is 14.2 Å². The van der Waals surface area contributed by atoms with Crippen LogP contribution < -0.4 is 15.8 Å². The van der Waals surface area contributed by atoms with Crippen LogP contribution in [0.15, 0.2) is 29.3 Å². The van der Waals surface area contributed by atoms with Crippen molar-refractivity contribution in [1.82, 2.24) is 14.5 Å². The monoisotopic (exact) mass is 485 g/mol. The Balaban J connectivity index is 1.54. The molecule has 0 spiro atoms. The van der Waals surface area contributed by atoms with E-state index in [0.717, 1.165) is 47.6 Å². The Morgan fingerprint density at radius 1 is 1.34 bits per heavy atom. The van der Waals surface area contributed by atoms with Crippen molar-refractivity contribution in [2.24, 2.45) is 0 Å². The second kappa shape index (κ2) is 8.70. The third kappa shape index (κ3) is 4.58. The number of alkyl halides is 3. The van der Waals surface area contributed by atoms with Gasteiger partial charge in [0.1, 0.15) is 17.6 Å². The van der Waals surface area contributed by atoms with Crippen molar-refractivity contribution in [3.63, 3.8) is 0 Å². The van der Waals surface area contributed by atoms with Gasteiger partial charge in [-0.05, 0) is 44.4 Å². The van der Waals surface area contributed by atoms with Gasteiger partial charge in [-0.15, -0.1) is 0 Å². The average Bonchev–Trinajstić information content (AvgIpc) is 3.16. The molecular weight excluding hydrogens is 467 g/mol. The van der Waals surface area contributed by atoms with Crippen molar-refractivity contribution in [1.29, 1.82) is 0 Å². The summed E-state index contributed by atoms with van der Waals surface area (Å²) in [6, 6.07) is 3.38. The number of carbonyl (C=O) groups is 1. The zero-order chi connectivity index (χ0) is 23.0. The zero-order valence-electron chi connectivity index (χ0n) is 16.9. The van der Waals surface area contributed by atoms with E-state index in [2.05, 4.69) is 27.1 Å². The summed E-state index contributed by atoms with van der Waals surface area (Å²) in [4.78, 5) is 36.1. The molecule has 3 aromatic rings. The Bertz CT molecular complexity index is 1230. The van der Waals surface area contributed by atoms with Gasteiger partial charge >= 0.3 is 6.18 Å². The first-order valence-electron chi connectivity index (χ1n) is 9.92. The molecule has 2 aromatic heterocycles. The minimum atomic E-state index is -4.65. The molecule has 7 nitrogen and oxygen atoms in total. The molecule has 1 fully saturated rings. The van der Waals surface area contributed by atoms with Crippen molar-refractivity contribution >= 4 is 50.0 Å². The van der Waals surface area contributed by atoms with Crippen LogP contribution in [0, 0.1) is 0 Å². The lowest BCUT2D eigenvalue weighted by Gasteiger charge is -2.32. The molecule has 1 aromatic carbocycles. The Morgan fingerprint density at radius 2 is 2.12 bits per heavy atom. The second-order valence-electron chi connectivity index (χ2n) is 7.61. The number of aromatic nitrogens is 3. The number of hydrogen-bond donors (Lipinski definition) is 1. The van der Waals surface area contributed by atoms with Gasteiger partial charge in [-0.2, -0.15) is 18.2 Å². The summed E-state index contributed by atoms with van der Waals surface area (Å²) in [7, 11) is 0. The summed E-state index contributed by atoms with van der Waals surface area (Å²) in [6.45, 7) is 2.57. The molecule has 170 valence electrons. The van der Waals surface area contributed by atoms with Crippen molar-refractivity contribution in [2.75, 3.05) is 16.8 Å². The van der Waals surface area contributed by atoms with E-state index in [9.17, 15) is 22.8 Å². The summed E-state index contributed by atoms with van der Waals surface area (Å²) in [5.74, 6) is -0.668. The molecule has 0 bridgehead atoms. The number of benzene rings is 1. The van der Waals surface area contributed by atoms with Crippen LogP contribution in [0.3, 0.4) is 0 Å². The number of hydrogen-bond acceptors (Lipinski definition) is 6. The highest BCUT2D eigenvalue weighted by molar-refractivity contribution is 7.22. The number of halogens is 4. The molecule has 0 radical (unpaired) electrons. The van der Waals surface area contributed by atoms with Crippen LogP contribution in [0.4, 0.5) is 24.0 Å². The lowest BCUT2D eigenvalue weighted by atomic mass is 10.1. The third-order valence-electron chi connectivity index (χ3n) is 5.29. The number of carbonyl (C=O) groups excluding carboxylic acids is 1. The van der Waals surface area contributed by atoms with Crippen LogP contribution in [0.25, 0.3) is 10.3 Å². The van der Waals surface area contributed by atoms with Gasteiger partial charge < -0.3 is 10.2 Å². The van der Waals surface area contributed by atoms with Gasteiger partial charge in [0.25, 0.3) is 5.56 Å². The fraction of sp³-hybridized carbons (Fsp3) is 0.400. The lowest BCUT2D eigenvalue weighted by molar-refractivity contribution is -0.137.